The Labute approximate surface area is 95.9 Å². The molecular weight excluding hydrogens is 224 g/mol. The first-order valence-electron chi connectivity index (χ1n) is 5.26. The topological polar surface area (TPSA) is 72.2 Å². The second kappa shape index (κ2) is 3.75. The highest BCUT2D eigenvalue weighted by Gasteiger charge is 2.36. The number of hydrogen-bond acceptors (Lipinski definition) is 3. The van der Waals surface area contributed by atoms with Gasteiger partial charge in [-0.3, -0.25) is 0 Å². The van der Waals surface area contributed by atoms with Crippen molar-refractivity contribution in [2.45, 2.75) is 24.7 Å². The number of primary sulfonamides is 1. The van der Waals surface area contributed by atoms with Gasteiger partial charge in [0.25, 0.3) is 0 Å². The molecule has 1 aromatic carbocycles. The maximum Gasteiger partial charge on any atom is 0.238 e. The van der Waals surface area contributed by atoms with E-state index < -0.39 is 10.0 Å². The van der Waals surface area contributed by atoms with Crippen LogP contribution in [0, 0.1) is 5.41 Å². The van der Waals surface area contributed by atoms with Crippen LogP contribution in [0.4, 0.5) is 5.69 Å². The van der Waals surface area contributed by atoms with Gasteiger partial charge in [-0.2, -0.15) is 0 Å². The average molecular weight is 240 g/mol. The third kappa shape index (κ3) is 2.74. The summed E-state index contributed by atoms with van der Waals surface area (Å²) in [7, 11) is -3.58. The Hall–Kier alpha value is -1.07. The number of hydrogen-bond donors (Lipinski definition) is 2. The van der Waals surface area contributed by atoms with Crippen molar-refractivity contribution >= 4 is 15.7 Å². The van der Waals surface area contributed by atoms with Crippen molar-refractivity contribution in [3.05, 3.63) is 24.3 Å². The van der Waals surface area contributed by atoms with Gasteiger partial charge in [-0.25, -0.2) is 13.6 Å². The van der Waals surface area contributed by atoms with Gasteiger partial charge >= 0.3 is 0 Å². The zero-order valence-electron chi connectivity index (χ0n) is 9.23. The standard InChI is InChI=1S/C11H16N2O2S/c1-11(6-7-11)8-13-9-2-4-10(5-3-9)16(12,14)15/h2-5,13H,6-8H2,1H3,(H2,12,14,15). The van der Waals surface area contributed by atoms with Crippen LogP contribution in [0.25, 0.3) is 0 Å². The predicted octanol–water partition coefficient (Wildman–Crippen LogP) is 1.55. The van der Waals surface area contributed by atoms with E-state index in [0.717, 1.165) is 12.2 Å². The van der Waals surface area contributed by atoms with Crippen LogP contribution in [0.5, 0.6) is 0 Å². The Balaban J connectivity index is 2.02. The summed E-state index contributed by atoms with van der Waals surface area (Å²) in [4.78, 5) is 0.149. The average Bonchev–Trinajstić information content (AvgIpc) is 2.94. The monoisotopic (exact) mass is 240 g/mol. The molecule has 1 aliphatic rings. The molecule has 0 bridgehead atoms. The van der Waals surface area contributed by atoms with Gasteiger partial charge in [0.2, 0.25) is 10.0 Å². The van der Waals surface area contributed by atoms with Crippen LogP contribution in [-0.4, -0.2) is 15.0 Å². The lowest BCUT2D eigenvalue weighted by Crippen LogP contribution is -2.13. The van der Waals surface area contributed by atoms with Gasteiger partial charge in [0.15, 0.2) is 0 Å². The van der Waals surface area contributed by atoms with Crippen LogP contribution >= 0.6 is 0 Å². The summed E-state index contributed by atoms with van der Waals surface area (Å²) >= 11 is 0. The predicted molar refractivity (Wildman–Crippen MR) is 63.6 cm³/mol. The highest BCUT2D eigenvalue weighted by atomic mass is 32.2. The Morgan fingerprint density at radius 1 is 1.31 bits per heavy atom. The summed E-state index contributed by atoms with van der Waals surface area (Å²) in [6, 6.07) is 6.52. The van der Waals surface area contributed by atoms with E-state index in [1.54, 1.807) is 12.1 Å². The third-order valence-electron chi connectivity index (χ3n) is 3.01. The van der Waals surface area contributed by atoms with Crippen LogP contribution < -0.4 is 10.5 Å². The van der Waals surface area contributed by atoms with Gasteiger partial charge in [0.05, 0.1) is 4.90 Å². The van der Waals surface area contributed by atoms with E-state index in [4.69, 9.17) is 5.14 Å². The molecule has 1 fully saturated rings. The van der Waals surface area contributed by atoms with Crippen LogP contribution in [0.1, 0.15) is 19.8 Å². The normalized spacial score (nSPS) is 18.1. The minimum atomic E-state index is -3.58. The first-order valence-corrected chi connectivity index (χ1v) is 6.81. The van der Waals surface area contributed by atoms with Crippen LogP contribution in [0.15, 0.2) is 29.2 Å². The molecule has 0 spiro atoms. The second-order valence-electron chi connectivity index (χ2n) is 4.73. The van der Waals surface area contributed by atoms with E-state index in [0.29, 0.717) is 5.41 Å². The molecule has 3 N–H and O–H groups in total. The molecule has 88 valence electrons. The number of rotatable bonds is 4. The Morgan fingerprint density at radius 3 is 2.31 bits per heavy atom. The van der Waals surface area contributed by atoms with Gasteiger partial charge in [-0.05, 0) is 42.5 Å². The fourth-order valence-corrected chi connectivity index (χ4v) is 1.98. The lowest BCUT2D eigenvalue weighted by atomic mass is 10.1. The highest BCUT2D eigenvalue weighted by Crippen LogP contribution is 2.44. The van der Waals surface area contributed by atoms with Gasteiger partial charge in [-0.15, -0.1) is 0 Å². The first kappa shape index (κ1) is 11.4. The summed E-state index contributed by atoms with van der Waals surface area (Å²) < 4.78 is 22.1. The molecule has 0 heterocycles. The maximum absolute atomic E-state index is 11.0. The number of anilines is 1. The van der Waals surface area contributed by atoms with Gasteiger partial charge in [-0.1, -0.05) is 6.92 Å². The molecule has 2 rings (SSSR count). The fourth-order valence-electron chi connectivity index (χ4n) is 1.47. The third-order valence-corrected chi connectivity index (χ3v) is 3.93. The molecule has 0 radical (unpaired) electrons. The van der Waals surface area contributed by atoms with Crippen molar-refractivity contribution in [2.75, 3.05) is 11.9 Å². The lowest BCUT2D eigenvalue weighted by molar-refractivity contribution is 0.597. The molecule has 1 saturated carbocycles. The fraction of sp³-hybridized carbons (Fsp3) is 0.455. The Morgan fingerprint density at radius 2 is 1.88 bits per heavy atom. The van der Waals surface area contributed by atoms with Crippen molar-refractivity contribution < 1.29 is 8.42 Å². The van der Waals surface area contributed by atoms with E-state index in [1.165, 1.54) is 25.0 Å². The zero-order valence-corrected chi connectivity index (χ0v) is 10.0. The van der Waals surface area contributed by atoms with E-state index in [9.17, 15) is 8.42 Å². The molecule has 0 saturated heterocycles. The summed E-state index contributed by atoms with van der Waals surface area (Å²) in [6.45, 7) is 3.17. The number of nitrogens with two attached hydrogens (primary N) is 1. The first-order chi connectivity index (χ1) is 7.39. The molecule has 4 nitrogen and oxygen atoms in total. The number of nitrogens with one attached hydrogen (secondary N) is 1. The second-order valence-corrected chi connectivity index (χ2v) is 6.30. The molecule has 0 aliphatic heterocycles. The summed E-state index contributed by atoms with van der Waals surface area (Å²) in [5.74, 6) is 0. The molecule has 0 atom stereocenters. The van der Waals surface area contributed by atoms with Crippen molar-refractivity contribution in [1.82, 2.24) is 0 Å². The molecule has 16 heavy (non-hydrogen) atoms. The van der Waals surface area contributed by atoms with Gasteiger partial charge in [0.1, 0.15) is 0 Å². The van der Waals surface area contributed by atoms with Gasteiger partial charge < -0.3 is 5.32 Å². The minimum absolute atomic E-state index is 0.149. The molecule has 1 aromatic rings. The van der Waals surface area contributed by atoms with Crippen LogP contribution in [0.3, 0.4) is 0 Å². The summed E-state index contributed by atoms with van der Waals surface area (Å²) in [5.41, 5.74) is 1.36. The van der Waals surface area contributed by atoms with Crippen molar-refractivity contribution in [1.29, 1.82) is 0 Å². The summed E-state index contributed by atoms with van der Waals surface area (Å²) in [5, 5.41) is 8.30. The molecule has 5 heteroatoms. The molecule has 0 amide bonds. The van der Waals surface area contributed by atoms with Crippen molar-refractivity contribution in [2.24, 2.45) is 10.6 Å². The quantitative estimate of drug-likeness (QED) is 0.838. The highest BCUT2D eigenvalue weighted by molar-refractivity contribution is 7.89. The Kier molecular flexibility index (Phi) is 2.67. The lowest BCUT2D eigenvalue weighted by Gasteiger charge is -2.11. The molecular formula is C11H16N2O2S. The van der Waals surface area contributed by atoms with E-state index in [1.807, 2.05) is 0 Å². The van der Waals surface area contributed by atoms with E-state index >= 15 is 0 Å². The number of sulfonamides is 1. The van der Waals surface area contributed by atoms with E-state index in [2.05, 4.69) is 12.2 Å². The van der Waals surface area contributed by atoms with Crippen LogP contribution in [0.2, 0.25) is 0 Å². The van der Waals surface area contributed by atoms with Gasteiger partial charge in [0, 0.05) is 12.2 Å². The smallest absolute Gasteiger partial charge is 0.238 e. The SMILES string of the molecule is CC1(CNc2ccc(S(N)(=O)=O)cc2)CC1. The number of benzene rings is 1. The largest absolute Gasteiger partial charge is 0.384 e. The van der Waals surface area contributed by atoms with Crippen molar-refractivity contribution in [3.8, 4) is 0 Å². The van der Waals surface area contributed by atoms with Crippen LogP contribution in [-0.2, 0) is 10.0 Å². The Bertz CT molecular complexity index is 475. The molecule has 1 aliphatic carbocycles. The van der Waals surface area contributed by atoms with E-state index in [-0.39, 0.29) is 4.90 Å². The molecule has 0 unspecified atom stereocenters. The minimum Gasteiger partial charge on any atom is -0.384 e. The zero-order chi connectivity index (χ0) is 11.8. The van der Waals surface area contributed by atoms with Crippen molar-refractivity contribution in [3.63, 3.8) is 0 Å². The maximum atomic E-state index is 11.0. The molecule has 0 aromatic heterocycles. The summed E-state index contributed by atoms with van der Waals surface area (Å²) in [6.07, 6.45) is 2.52.